The molecule has 0 saturated carbocycles. The Hall–Kier alpha value is -2.10. The SMILES string of the molecule is COc1ccc(CNC(=O)C2CCCN2S(=O)(=O)c2ccc(C)s2)c(OC)c1. The van der Waals surface area contributed by atoms with Gasteiger partial charge in [-0.1, -0.05) is 0 Å². The van der Waals surface area contributed by atoms with Crippen LogP contribution in [0.5, 0.6) is 11.5 Å². The third-order valence-corrected chi connectivity index (χ3v) is 8.11. The average Bonchev–Trinajstić information content (AvgIpc) is 3.35. The van der Waals surface area contributed by atoms with Gasteiger partial charge in [-0.25, -0.2) is 8.42 Å². The topological polar surface area (TPSA) is 84.9 Å². The summed E-state index contributed by atoms with van der Waals surface area (Å²) in [4.78, 5) is 13.7. The molecule has 1 N–H and O–H groups in total. The lowest BCUT2D eigenvalue weighted by Gasteiger charge is -2.23. The van der Waals surface area contributed by atoms with Gasteiger partial charge in [0.2, 0.25) is 5.91 Å². The van der Waals surface area contributed by atoms with E-state index in [1.807, 2.05) is 13.0 Å². The fraction of sp³-hybridized carbons (Fsp3) is 0.421. The Morgan fingerprint density at radius 3 is 2.68 bits per heavy atom. The van der Waals surface area contributed by atoms with Crippen molar-refractivity contribution in [3.63, 3.8) is 0 Å². The number of methoxy groups -OCH3 is 2. The zero-order valence-corrected chi connectivity index (χ0v) is 17.7. The second-order valence-corrected chi connectivity index (χ2v) is 9.94. The maximum Gasteiger partial charge on any atom is 0.253 e. The zero-order chi connectivity index (χ0) is 20.3. The molecule has 1 aromatic heterocycles. The Kier molecular flexibility index (Phi) is 6.26. The van der Waals surface area contributed by atoms with Gasteiger partial charge in [0.05, 0.1) is 14.2 Å². The first kappa shape index (κ1) is 20.6. The van der Waals surface area contributed by atoms with E-state index in [1.165, 1.54) is 15.6 Å². The summed E-state index contributed by atoms with van der Waals surface area (Å²) in [6.07, 6.45) is 1.17. The maximum absolute atomic E-state index is 12.9. The highest BCUT2D eigenvalue weighted by molar-refractivity contribution is 7.91. The van der Waals surface area contributed by atoms with Gasteiger partial charge in [0.15, 0.2) is 0 Å². The van der Waals surface area contributed by atoms with Crippen molar-refractivity contribution in [3.8, 4) is 11.5 Å². The van der Waals surface area contributed by atoms with Crippen LogP contribution < -0.4 is 14.8 Å². The molecule has 7 nitrogen and oxygen atoms in total. The number of sulfonamides is 1. The first-order chi connectivity index (χ1) is 13.4. The lowest BCUT2D eigenvalue weighted by Crippen LogP contribution is -2.45. The number of ether oxygens (including phenoxy) is 2. The Balaban J connectivity index is 1.72. The number of rotatable bonds is 7. The van der Waals surface area contributed by atoms with Crippen LogP contribution in [0.1, 0.15) is 23.3 Å². The molecule has 28 heavy (non-hydrogen) atoms. The van der Waals surface area contributed by atoms with Crippen molar-refractivity contribution in [2.45, 2.75) is 36.6 Å². The van der Waals surface area contributed by atoms with E-state index in [9.17, 15) is 13.2 Å². The Morgan fingerprint density at radius 1 is 1.25 bits per heavy atom. The molecular formula is C19H24N2O5S2. The number of nitrogens with one attached hydrogen (secondary N) is 1. The molecule has 0 aliphatic carbocycles. The number of nitrogens with zero attached hydrogens (tertiary/aromatic N) is 1. The van der Waals surface area contributed by atoms with Crippen LogP contribution in [-0.2, 0) is 21.4 Å². The Labute approximate surface area is 169 Å². The fourth-order valence-electron chi connectivity index (χ4n) is 3.25. The summed E-state index contributed by atoms with van der Waals surface area (Å²) >= 11 is 1.22. The van der Waals surface area contributed by atoms with Gasteiger partial charge in [-0.15, -0.1) is 11.3 Å². The molecule has 3 rings (SSSR count). The summed E-state index contributed by atoms with van der Waals surface area (Å²) in [6, 6.07) is 8.03. The van der Waals surface area contributed by atoms with Gasteiger partial charge in [-0.3, -0.25) is 4.79 Å². The molecule has 1 aliphatic rings. The second kappa shape index (κ2) is 8.50. The zero-order valence-electron chi connectivity index (χ0n) is 16.1. The van der Waals surface area contributed by atoms with Crippen LogP contribution in [0.4, 0.5) is 0 Å². The van der Waals surface area contributed by atoms with E-state index in [1.54, 1.807) is 38.5 Å². The van der Waals surface area contributed by atoms with Crippen LogP contribution in [0.2, 0.25) is 0 Å². The summed E-state index contributed by atoms with van der Waals surface area (Å²) in [5.74, 6) is 0.961. The molecule has 152 valence electrons. The van der Waals surface area contributed by atoms with Crippen molar-refractivity contribution in [3.05, 3.63) is 40.8 Å². The van der Waals surface area contributed by atoms with Crippen LogP contribution >= 0.6 is 11.3 Å². The largest absolute Gasteiger partial charge is 0.497 e. The average molecular weight is 425 g/mol. The number of carbonyl (C=O) groups is 1. The van der Waals surface area contributed by atoms with E-state index in [0.717, 1.165) is 10.4 Å². The molecular weight excluding hydrogens is 400 g/mol. The molecule has 1 amide bonds. The van der Waals surface area contributed by atoms with Crippen molar-refractivity contribution in [1.29, 1.82) is 0 Å². The summed E-state index contributed by atoms with van der Waals surface area (Å²) in [5.41, 5.74) is 0.790. The van der Waals surface area contributed by atoms with E-state index >= 15 is 0 Å². The highest BCUT2D eigenvalue weighted by Gasteiger charge is 2.39. The maximum atomic E-state index is 12.9. The fourth-order valence-corrected chi connectivity index (χ4v) is 6.32. The molecule has 2 aromatic rings. The first-order valence-corrected chi connectivity index (χ1v) is 11.2. The van der Waals surface area contributed by atoms with Crippen molar-refractivity contribution < 1.29 is 22.7 Å². The van der Waals surface area contributed by atoms with Gasteiger partial charge in [0, 0.05) is 29.6 Å². The van der Waals surface area contributed by atoms with Gasteiger partial charge in [0.25, 0.3) is 10.0 Å². The molecule has 9 heteroatoms. The predicted octanol–water partition coefficient (Wildman–Crippen LogP) is 2.54. The van der Waals surface area contributed by atoms with Gasteiger partial charge in [-0.05, 0) is 44.0 Å². The summed E-state index contributed by atoms with van der Waals surface area (Å²) in [5, 5.41) is 2.85. The van der Waals surface area contributed by atoms with Gasteiger partial charge in [-0.2, -0.15) is 4.31 Å². The summed E-state index contributed by atoms with van der Waals surface area (Å²) in [7, 11) is -0.547. The summed E-state index contributed by atoms with van der Waals surface area (Å²) in [6.45, 7) is 2.46. The highest BCUT2D eigenvalue weighted by Crippen LogP contribution is 2.30. The van der Waals surface area contributed by atoms with Crippen molar-refractivity contribution in [1.82, 2.24) is 9.62 Å². The lowest BCUT2D eigenvalue weighted by atomic mass is 10.1. The van der Waals surface area contributed by atoms with Gasteiger partial charge in [0.1, 0.15) is 21.8 Å². The molecule has 2 heterocycles. The van der Waals surface area contributed by atoms with Gasteiger partial charge < -0.3 is 14.8 Å². The number of hydrogen-bond donors (Lipinski definition) is 1. The van der Waals surface area contributed by atoms with Crippen LogP contribution in [0.15, 0.2) is 34.5 Å². The van der Waals surface area contributed by atoms with E-state index in [-0.39, 0.29) is 16.7 Å². The highest BCUT2D eigenvalue weighted by atomic mass is 32.2. The number of amides is 1. The molecule has 1 saturated heterocycles. The molecule has 0 spiro atoms. The molecule has 1 aromatic carbocycles. The van der Waals surface area contributed by atoms with Crippen LogP contribution in [-0.4, -0.2) is 45.4 Å². The monoisotopic (exact) mass is 424 g/mol. The lowest BCUT2D eigenvalue weighted by molar-refractivity contribution is -0.124. The van der Waals surface area contributed by atoms with Crippen molar-refractivity contribution in [2.75, 3.05) is 20.8 Å². The van der Waals surface area contributed by atoms with Crippen molar-refractivity contribution in [2.24, 2.45) is 0 Å². The Morgan fingerprint density at radius 2 is 2.04 bits per heavy atom. The van der Waals surface area contributed by atoms with Crippen LogP contribution in [0, 0.1) is 6.92 Å². The molecule has 0 radical (unpaired) electrons. The molecule has 1 unspecified atom stereocenters. The molecule has 1 atom stereocenters. The number of thiophene rings is 1. The third-order valence-electron chi connectivity index (χ3n) is 4.73. The van der Waals surface area contributed by atoms with E-state index in [2.05, 4.69) is 5.32 Å². The number of benzene rings is 1. The standard InChI is InChI=1S/C19H24N2O5S2/c1-13-6-9-18(27-13)28(23,24)21-10-4-5-16(21)19(22)20-12-14-7-8-15(25-2)11-17(14)26-3/h6-9,11,16H,4-5,10,12H2,1-3H3,(H,20,22). The minimum absolute atomic E-state index is 0.245. The van der Waals surface area contributed by atoms with Crippen molar-refractivity contribution >= 4 is 27.3 Å². The molecule has 1 aliphatic heterocycles. The number of aryl methyl sites for hydroxylation is 1. The van der Waals surface area contributed by atoms with Crippen LogP contribution in [0.3, 0.4) is 0 Å². The first-order valence-electron chi connectivity index (χ1n) is 8.93. The van der Waals surface area contributed by atoms with E-state index in [4.69, 9.17) is 9.47 Å². The predicted molar refractivity (Wildman–Crippen MR) is 107 cm³/mol. The minimum atomic E-state index is -3.67. The van der Waals surface area contributed by atoms with E-state index < -0.39 is 16.1 Å². The van der Waals surface area contributed by atoms with E-state index in [0.29, 0.717) is 30.9 Å². The number of hydrogen-bond acceptors (Lipinski definition) is 6. The van der Waals surface area contributed by atoms with Gasteiger partial charge >= 0.3 is 0 Å². The number of carbonyl (C=O) groups excluding carboxylic acids is 1. The molecule has 0 bridgehead atoms. The van der Waals surface area contributed by atoms with Crippen LogP contribution in [0.25, 0.3) is 0 Å². The molecule has 1 fully saturated rings. The summed E-state index contributed by atoms with van der Waals surface area (Å²) < 4.78 is 38.0. The quantitative estimate of drug-likeness (QED) is 0.738. The minimum Gasteiger partial charge on any atom is -0.497 e. The third kappa shape index (κ3) is 4.16. The second-order valence-electron chi connectivity index (χ2n) is 6.53. The normalized spacial score (nSPS) is 17.5. The smallest absolute Gasteiger partial charge is 0.253 e. The Bertz CT molecular complexity index is 955.